The Balaban J connectivity index is 2.18. The maximum atomic E-state index is 9.44. The Labute approximate surface area is 145 Å². The number of nitrogens with two attached hydrogens (primary N) is 1. The number of ether oxygens (including phenoxy) is 1. The van der Waals surface area contributed by atoms with Gasteiger partial charge >= 0.3 is 0 Å². The first-order chi connectivity index (χ1) is 11.6. The van der Waals surface area contributed by atoms with Crippen molar-refractivity contribution in [3.8, 4) is 34.2 Å². The first kappa shape index (κ1) is 15.9. The van der Waals surface area contributed by atoms with Gasteiger partial charge in [-0.2, -0.15) is 5.26 Å². The molecule has 2 N–H and O–H groups in total. The van der Waals surface area contributed by atoms with E-state index in [1.807, 2.05) is 42.5 Å². The SMILES string of the molecule is COc1ccc(-c2cc(-c3cccc(Cl)c3)c(C#N)c(N)n2)cc1. The van der Waals surface area contributed by atoms with Crippen molar-refractivity contribution < 1.29 is 4.74 Å². The molecule has 0 radical (unpaired) electrons. The lowest BCUT2D eigenvalue weighted by Gasteiger charge is -2.11. The molecule has 0 spiro atoms. The van der Waals surface area contributed by atoms with Crippen molar-refractivity contribution in [1.82, 2.24) is 4.98 Å². The van der Waals surface area contributed by atoms with Crippen LogP contribution in [0.2, 0.25) is 5.02 Å². The summed E-state index contributed by atoms with van der Waals surface area (Å²) in [4.78, 5) is 4.36. The number of methoxy groups -OCH3 is 1. The molecule has 2 aromatic carbocycles. The van der Waals surface area contributed by atoms with E-state index in [1.54, 1.807) is 19.2 Å². The highest BCUT2D eigenvalue weighted by Crippen LogP contribution is 2.32. The molecule has 0 bridgehead atoms. The summed E-state index contributed by atoms with van der Waals surface area (Å²) in [5.74, 6) is 0.955. The molecule has 0 saturated heterocycles. The molecular weight excluding hydrogens is 322 g/mol. The average molecular weight is 336 g/mol. The second kappa shape index (κ2) is 6.61. The third-order valence-corrected chi connectivity index (χ3v) is 3.92. The fraction of sp³-hybridized carbons (Fsp3) is 0.0526. The van der Waals surface area contributed by atoms with E-state index in [0.29, 0.717) is 21.8 Å². The zero-order chi connectivity index (χ0) is 17.1. The molecule has 0 aliphatic heterocycles. The Hall–Kier alpha value is -3.03. The number of nitrogens with zero attached hydrogens (tertiary/aromatic N) is 2. The molecule has 0 aliphatic carbocycles. The predicted octanol–water partition coefficient (Wildman–Crippen LogP) is 4.53. The summed E-state index contributed by atoms with van der Waals surface area (Å²) >= 11 is 6.08. The fourth-order valence-corrected chi connectivity index (χ4v) is 2.67. The third-order valence-electron chi connectivity index (χ3n) is 3.68. The highest BCUT2D eigenvalue weighted by atomic mass is 35.5. The van der Waals surface area contributed by atoms with Gasteiger partial charge in [0.2, 0.25) is 0 Å². The maximum Gasteiger partial charge on any atom is 0.142 e. The number of nitrogen functional groups attached to an aromatic ring is 1. The topological polar surface area (TPSA) is 71.9 Å². The number of benzene rings is 2. The monoisotopic (exact) mass is 335 g/mol. The molecule has 5 heteroatoms. The standard InChI is InChI=1S/C19H14ClN3O/c1-24-15-7-5-12(6-8-15)18-10-16(17(11-21)19(22)23-18)13-3-2-4-14(20)9-13/h2-10H,1H3,(H2,22,23). The van der Waals surface area contributed by atoms with E-state index in [-0.39, 0.29) is 5.82 Å². The third kappa shape index (κ3) is 3.03. The van der Waals surface area contributed by atoms with Crippen LogP contribution in [0.25, 0.3) is 22.4 Å². The second-order valence-electron chi connectivity index (χ2n) is 5.17. The van der Waals surface area contributed by atoms with Crippen LogP contribution in [0.4, 0.5) is 5.82 Å². The van der Waals surface area contributed by atoms with Crippen LogP contribution in [0, 0.1) is 11.3 Å². The number of aromatic nitrogens is 1. The molecule has 0 saturated carbocycles. The van der Waals surface area contributed by atoms with Gasteiger partial charge in [-0.1, -0.05) is 23.7 Å². The molecule has 118 valence electrons. The van der Waals surface area contributed by atoms with Crippen molar-refractivity contribution in [3.63, 3.8) is 0 Å². The molecule has 1 heterocycles. The van der Waals surface area contributed by atoms with E-state index in [2.05, 4.69) is 11.1 Å². The van der Waals surface area contributed by atoms with Crippen molar-refractivity contribution in [3.05, 3.63) is 65.2 Å². The first-order valence-corrected chi connectivity index (χ1v) is 7.61. The molecule has 0 unspecified atom stereocenters. The van der Waals surface area contributed by atoms with Crippen LogP contribution in [0.3, 0.4) is 0 Å². The summed E-state index contributed by atoms with van der Waals surface area (Å²) in [6.45, 7) is 0. The molecule has 4 nitrogen and oxygen atoms in total. The van der Waals surface area contributed by atoms with Crippen molar-refractivity contribution in [2.45, 2.75) is 0 Å². The quantitative estimate of drug-likeness (QED) is 0.763. The Bertz CT molecular complexity index is 930. The summed E-state index contributed by atoms with van der Waals surface area (Å²) < 4.78 is 5.17. The van der Waals surface area contributed by atoms with Gasteiger partial charge in [-0.25, -0.2) is 4.98 Å². The van der Waals surface area contributed by atoms with Crippen LogP contribution in [0.5, 0.6) is 5.75 Å². The summed E-state index contributed by atoms with van der Waals surface area (Å²) in [7, 11) is 1.62. The van der Waals surface area contributed by atoms with Crippen LogP contribution in [-0.4, -0.2) is 12.1 Å². The summed E-state index contributed by atoms with van der Waals surface area (Å²) in [5, 5.41) is 10.0. The number of hydrogen-bond donors (Lipinski definition) is 1. The fourth-order valence-electron chi connectivity index (χ4n) is 2.48. The Morgan fingerprint density at radius 3 is 2.46 bits per heavy atom. The summed E-state index contributed by atoms with van der Waals surface area (Å²) in [6.07, 6.45) is 0. The predicted molar refractivity (Wildman–Crippen MR) is 95.8 cm³/mol. The Kier molecular flexibility index (Phi) is 4.37. The van der Waals surface area contributed by atoms with E-state index in [1.165, 1.54) is 0 Å². The number of nitriles is 1. The number of anilines is 1. The Morgan fingerprint density at radius 2 is 1.83 bits per heavy atom. The maximum absolute atomic E-state index is 9.44. The van der Waals surface area contributed by atoms with Gasteiger partial charge in [-0.15, -0.1) is 0 Å². The molecule has 1 aromatic heterocycles. The lowest BCUT2D eigenvalue weighted by molar-refractivity contribution is 0.415. The molecular formula is C19H14ClN3O. The van der Waals surface area contributed by atoms with Crippen LogP contribution < -0.4 is 10.5 Å². The molecule has 3 aromatic rings. The van der Waals surface area contributed by atoms with Gasteiger partial charge in [-0.3, -0.25) is 0 Å². The molecule has 0 aliphatic rings. The van der Waals surface area contributed by atoms with Gasteiger partial charge in [0.25, 0.3) is 0 Å². The number of rotatable bonds is 3. The lowest BCUT2D eigenvalue weighted by atomic mass is 9.98. The van der Waals surface area contributed by atoms with Crippen molar-refractivity contribution in [1.29, 1.82) is 5.26 Å². The van der Waals surface area contributed by atoms with Gasteiger partial charge < -0.3 is 10.5 Å². The van der Waals surface area contributed by atoms with Crippen LogP contribution in [0.15, 0.2) is 54.6 Å². The smallest absolute Gasteiger partial charge is 0.142 e. The summed E-state index contributed by atoms with van der Waals surface area (Å²) in [5.41, 5.74) is 9.45. The first-order valence-electron chi connectivity index (χ1n) is 7.23. The van der Waals surface area contributed by atoms with E-state index >= 15 is 0 Å². The van der Waals surface area contributed by atoms with Gasteiger partial charge in [0.15, 0.2) is 0 Å². The largest absolute Gasteiger partial charge is 0.497 e. The molecule has 24 heavy (non-hydrogen) atoms. The Morgan fingerprint density at radius 1 is 1.08 bits per heavy atom. The van der Waals surface area contributed by atoms with E-state index < -0.39 is 0 Å². The van der Waals surface area contributed by atoms with Crippen LogP contribution >= 0.6 is 11.6 Å². The minimum Gasteiger partial charge on any atom is -0.497 e. The minimum absolute atomic E-state index is 0.195. The summed E-state index contributed by atoms with van der Waals surface area (Å²) in [6, 6.07) is 18.8. The van der Waals surface area contributed by atoms with E-state index in [9.17, 15) is 5.26 Å². The minimum atomic E-state index is 0.195. The normalized spacial score (nSPS) is 10.2. The van der Waals surface area contributed by atoms with Gasteiger partial charge in [0.1, 0.15) is 23.2 Å². The molecule has 0 fully saturated rings. The lowest BCUT2D eigenvalue weighted by Crippen LogP contribution is -1.99. The number of pyridine rings is 1. The molecule has 0 amide bonds. The molecule has 0 atom stereocenters. The van der Waals surface area contributed by atoms with Crippen molar-refractivity contribution in [2.75, 3.05) is 12.8 Å². The highest BCUT2D eigenvalue weighted by molar-refractivity contribution is 6.30. The van der Waals surface area contributed by atoms with E-state index in [4.69, 9.17) is 22.1 Å². The van der Waals surface area contributed by atoms with E-state index in [0.717, 1.165) is 16.9 Å². The zero-order valence-electron chi connectivity index (χ0n) is 13.0. The molecule has 3 rings (SSSR count). The zero-order valence-corrected chi connectivity index (χ0v) is 13.7. The van der Waals surface area contributed by atoms with Crippen LogP contribution in [0.1, 0.15) is 5.56 Å². The van der Waals surface area contributed by atoms with Crippen molar-refractivity contribution in [2.24, 2.45) is 0 Å². The highest BCUT2D eigenvalue weighted by Gasteiger charge is 2.13. The van der Waals surface area contributed by atoms with Gasteiger partial charge in [0, 0.05) is 16.1 Å². The number of halogens is 1. The average Bonchev–Trinajstić information content (AvgIpc) is 2.61. The van der Waals surface area contributed by atoms with Gasteiger partial charge in [-0.05, 0) is 48.0 Å². The van der Waals surface area contributed by atoms with Crippen molar-refractivity contribution >= 4 is 17.4 Å². The van der Waals surface area contributed by atoms with Crippen LogP contribution in [-0.2, 0) is 0 Å². The second-order valence-corrected chi connectivity index (χ2v) is 5.60. The van der Waals surface area contributed by atoms with Gasteiger partial charge in [0.05, 0.1) is 12.8 Å². The number of hydrogen-bond acceptors (Lipinski definition) is 4.